The van der Waals surface area contributed by atoms with Gasteiger partial charge in [0.05, 0.1) is 12.7 Å². The van der Waals surface area contributed by atoms with E-state index in [1.54, 1.807) is 60.7 Å². The summed E-state index contributed by atoms with van der Waals surface area (Å²) in [5.74, 6) is -2.25. The Bertz CT molecular complexity index is 2000. The summed E-state index contributed by atoms with van der Waals surface area (Å²) in [5, 5.41) is 26.8. The lowest BCUT2D eigenvalue weighted by Crippen LogP contribution is -2.30. The summed E-state index contributed by atoms with van der Waals surface area (Å²) in [6.45, 7) is 0. The van der Waals surface area contributed by atoms with E-state index in [1.165, 1.54) is 61.3 Å². The minimum atomic E-state index is -1.07. The largest absolute Gasteiger partial charge is 0.508 e. The van der Waals surface area contributed by atoms with Crippen LogP contribution >= 0.6 is 11.8 Å². The number of aromatic carboxylic acids is 1. The Morgan fingerprint density at radius 2 is 1.43 bits per heavy atom. The summed E-state index contributed by atoms with van der Waals surface area (Å²) in [5.41, 5.74) is 2.40. The number of benzene rings is 5. The molecular weight excluding hydrogens is 642 g/mol. The molecule has 5 aromatic rings. The van der Waals surface area contributed by atoms with Crippen molar-refractivity contribution in [3.05, 3.63) is 155 Å². The number of hydrogen-bond donors (Lipinski definition) is 5. The number of ether oxygens (including phenoxy) is 1. The average molecular weight is 674 g/mol. The Morgan fingerprint density at radius 3 is 2.10 bits per heavy atom. The standard InChI is InChI=1S/C38H31N3O7S/c1-48-33-23-30(42)20-17-27(33)21-32(41-35(43)25-11-6-3-7-12-25)36(44)40-29-13-8-14-31(22-29)49-34(24-9-4-2-5-10-24)37(45)39-28-18-15-26(16-19-28)38(46)47/h2-23,34,42H,1H3,(H,39,45)(H,40,44)(H,41,43)(H,46,47)/b32-21+. The topological polar surface area (TPSA) is 154 Å². The molecule has 5 N–H and O–H groups in total. The number of nitrogens with one attached hydrogen (secondary N) is 3. The van der Waals surface area contributed by atoms with E-state index in [4.69, 9.17) is 4.74 Å². The van der Waals surface area contributed by atoms with E-state index >= 15 is 0 Å². The molecule has 10 nitrogen and oxygen atoms in total. The maximum Gasteiger partial charge on any atom is 0.335 e. The van der Waals surface area contributed by atoms with Gasteiger partial charge in [-0.1, -0.05) is 54.6 Å². The molecule has 3 amide bonds. The molecule has 5 rings (SSSR count). The number of hydrogen-bond acceptors (Lipinski definition) is 7. The number of amides is 3. The highest BCUT2D eigenvalue weighted by atomic mass is 32.2. The van der Waals surface area contributed by atoms with Crippen LogP contribution in [0.5, 0.6) is 11.5 Å². The molecule has 0 saturated heterocycles. The lowest BCUT2D eigenvalue weighted by Gasteiger charge is -2.18. The molecule has 0 aliphatic rings. The highest BCUT2D eigenvalue weighted by Crippen LogP contribution is 2.37. The molecule has 1 atom stereocenters. The third kappa shape index (κ3) is 9.15. The summed E-state index contributed by atoms with van der Waals surface area (Å²) in [4.78, 5) is 52.3. The predicted molar refractivity (Wildman–Crippen MR) is 189 cm³/mol. The minimum Gasteiger partial charge on any atom is -0.508 e. The number of phenolic OH excluding ortho intramolecular Hbond substituents is 1. The second-order valence-electron chi connectivity index (χ2n) is 10.6. The quantitative estimate of drug-likeness (QED) is 0.0702. The van der Waals surface area contributed by atoms with Crippen molar-refractivity contribution in [3.63, 3.8) is 0 Å². The van der Waals surface area contributed by atoms with Crippen molar-refractivity contribution in [1.29, 1.82) is 0 Å². The summed E-state index contributed by atoms with van der Waals surface area (Å²) in [6.07, 6.45) is 1.45. The first-order valence-corrected chi connectivity index (χ1v) is 15.8. The summed E-state index contributed by atoms with van der Waals surface area (Å²) in [7, 11) is 1.43. The van der Waals surface area contributed by atoms with Crippen LogP contribution in [0.1, 0.15) is 37.1 Å². The third-order valence-electron chi connectivity index (χ3n) is 7.13. The molecule has 0 fully saturated rings. The molecule has 0 bridgehead atoms. The lowest BCUT2D eigenvalue weighted by atomic mass is 10.1. The summed E-state index contributed by atoms with van der Waals surface area (Å²) >= 11 is 1.26. The Balaban J connectivity index is 1.39. The molecule has 11 heteroatoms. The van der Waals surface area contributed by atoms with E-state index in [0.717, 1.165) is 5.56 Å². The van der Waals surface area contributed by atoms with Crippen LogP contribution in [0.3, 0.4) is 0 Å². The number of methoxy groups -OCH3 is 1. The molecule has 0 spiro atoms. The van der Waals surface area contributed by atoms with Gasteiger partial charge in [-0.15, -0.1) is 11.8 Å². The zero-order valence-electron chi connectivity index (χ0n) is 26.1. The zero-order valence-corrected chi connectivity index (χ0v) is 26.9. The number of rotatable bonds is 12. The van der Waals surface area contributed by atoms with Crippen LogP contribution in [0.4, 0.5) is 11.4 Å². The van der Waals surface area contributed by atoms with E-state index in [0.29, 0.717) is 33.1 Å². The third-order valence-corrected chi connectivity index (χ3v) is 8.38. The monoisotopic (exact) mass is 673 g/mol. The first kappa shape index (κ1) is 34.0. The van der Waals surface area contributed by atoms with Gasteiger partial charge in [-0.2, -0.15) is 0 Å². The molecule has 0 radical (unpaired) electrons. The van der Waals surface area contributed by atoms with Crippen LogP contribution in [0, 0.1) is 0 Å². The number of phenols is 1. The van der Waals surface area contributed by atoms with Crippen LogP contribution in [-0.2, 0) is 9.59 Å². The number of carbonyl (C=O) groups is 4. The molecule has 0 aliphatic heterocycles. The summed E-state index contributed by atoms with van der Waals surface area (Å²) < 4.78 is 5.37. The predicted octanol–water partition coefficient (Wildman–Crippen LogP) is 6.98. The molecule has 246 valence electrons. The fraction of sp³-hybridized carbons (Fsp3) is 0.0526. The molecule has 1 unspecified atom stereocenters. The number of aromatic hydroxyl groups is 1. The van der Waals surface area contributed by atoms with E-state index in [2.05, 4.69) is 16.0 Å². The van der Waals surface area contributed by atoms with Crippen LogP contribution in [-0.4, -0.2) is 41.0 Å². The van der Waals surface area contributed by atoms with Gasteiger partial charge in [-0.25, -0.2) is 4.79 Å². The van der Waals surface area contributed by atoms with Crippen molar-refractivity contribution >= 4 is 52.9 Å². The molecule has 0 aliphatic carbocycles. The van der Waals surface area contributed by atoms with Crippen molar-refractivity contribution in [3.8, 4) is 11.5 Å². The number of anilines is 2. The van der Waals surface area contributed by atoms with Crippen molar-refractivity contribution in [2.75, 3.05) is 17.7 Å². The van der Waals surface area contributed by atoms with Crippen molar-refractivity contribution in [1.82, 2.24) is 5.32 Å². The maximum absolute atomic E-state index is 13.7. The van der Waals surface area contributed by atoms with Crippen LogP contribution in [0.25, 0.3) is 6.08 Å². The van der Waals surface area contributed by atoms with Gasteiger partial charge in [0.2, 0.25) is 5.91 Å². The average Bonchev–Trinajstić information content (AvgIpc) is 3.12. The second kappa shape index (κ2) is 16.0. The number of carboxylic acids is 1. The highest BCUT2D eigenvalue weighted by molar-refractivity contribution is 8.00. The second-order valence-corrected chi connectivity index (χ2v) is 11.7. The van der Waals surface area contributed by atoms with Gasteiger partial charge in [0.25, 0.3) is 11.8 Å². The van der Waals surface area contributed by atoms with Gasteiger partial charge in [0.1, 0.15) is 22.4 Å². The molecule has 0 aromatic heterocycles. The van der Waals surface area contributed by atoms with Crippen molar-refractivity contribution in [2.24, 2.45) is 0 Å². The van der Waals surface area contributed by atoms with E-state index < -0.39 is 23.0 Å². The normalized spacial score (nSPS) is 11.6. The highest BCUT2D eigenvalue weighted by Gasteiger charge is 2.23. The van der Waals surface area contributed by atoms with Gasteiger partial charge >= 0.3 is 5.97 Å². The number of carbonyl (C=O) groups excluding carboxylic acids is 3. The first-order chi connectivity index (χ1) is 23.7. The molecule has 5 aromatic carbocycles. The van der Waals surface area contributed by atoms with Crippen LogP contribution in [0.15, 0.2) is 138 Å². The number of thioether (sulfide) groups is 1. The Kier molecular flexibility index (Phi) is 11.1. The van der Waals surface area contributed by atoms with E-state index in [1.807, 2.05) is 30.3 Å². The minimum absolute atomic E-state index is 0.0266. The van der Waals surface area contributed by atoms with E-state index in [9.17, 15) is 29.4 Å². The van der Waals surface area contributed by atoms with Gasteiger partial charge in [0, 0.05) is 33.5 Å². The van der Waals surface area contributed by atoms with Gasteiger partial charge in [-0.3, -0.25) is 14.4 Å². The Hall–Kier alpha value is -6.33. The van der Waals surface area contributed by atoms with E-state index in [-0.39, 0.29) is 22.9 Å². The fourth-order valence-electron chi connectivity index (χ4n) is 4.70. The fourth-order valence-corrected chi connectivity index (χ4v) is 5.79. The molecule has 0 saturated carbocycles. The molecule has 49 heavy (non-hydrogen) atoms. The van der Waals surface area contributed by atoms with Crippen LogP contribution in [0.2, 0.25) is 0 Å². The SMILES string of the molecule is COc1cc(O)ccc1/C=C(/NC(=O)c1ccccc1)C(=O)Nc1cccc(SC(C(=O)Nc2ccc(C(=O)O)cc2)c2ccccc2)c1. The molecular formula is C38H31N3O7S. The van der Waals surface area contributed by atoms with Gasteiger partial charge in [-0.05, 0) is 78.4 Å². The van der Waals surface area contributed by atoms with Crippen molar-refractivity contribution < 1.29 is 34.1 Å². The zero-order chi connectivity index (χ0) is 34.8. The van der Waals surface area contributed by atoms with Crippen LogP contribution < -0.4 is 20.7 Å². The first-order valence-electron chi connectivity index (χ1n) is 14.9. The smallest absolute Gasteiger partial charge is 0.335 e. The van der Waals surface area contributed by atoms with Gasteiger partial charge in [0.15, 0.2) is 0 Å². The Morgan fingerprint density at radius 1 is 0.735 bits per heavy atom. The summed E-state index contributed by atoms with van der Waals surface area (Å²) in [6, 6.07) is 34.8. The van der Waals surface area contributed by atoms with Gasteiger partial charge < -0.3 is 30.9 Å². The van der Waals surface area contributed by atoms with Crippen molar-refractivity contribution in [2.45, 2.75) is 10.1 Å². The Labute approximate surface area is 286 Å². The lowest BCUT2D eigenvalue weighted by molar-refractivity contribution is -0.116. The molecule has 0 heterocycles. The number of carboxylic acid groups (broad SMARTS) is 1. The maximum atomic E-state index is 13.7.